The third-order valence-electron chi connectivity index (χ3n) is 6.08. The van der Waals surface area contributed by atoms with Gasteiger partial charge in [0.1, 0.15) is 6.04 Å². The first-order valence-electron chi connectivity index (χ1n) is 10.6. The Morgan fingerprint density at radius 3 is 2.34 bits per heavy atom. The van der Waals surface area contributed by atoms with Gasteiger partial charge in [-0.15, -0.1) is 0 Å². The number of hydrogen-bond acceptors (Lipinski definition) is 5. The van der Waals surface area contributed by atoms with Crippen molar-refractivity contribution in [3.8, 4) is 0 Å². The maximum Gasteiger partial charge on any atom is 0.244 e. The van der Waals surface area contributed by atoms with Crippen molar-refractivity contribution in [1.82, 2.24) is 9.88 Å². The molecular formula is C25H26N4O3. The first-order chi connectivity index (χ1) is 15.5. The lowest BCUT2D eigenvalue weighted by molar-refractivity contribution is -0.537. The van der Waals surface area contributed by atoms with E-state index in [0.29, 0.717) is 0 Å². The van der Waals surface area contributed by atoms with Gasteiger partial charge in [-0.05, 0) is 34.9 Å². The maximum atomic E-state index is 13.4. The zero-order valence-corrected chi connectivity index (χ0v) is 18.2. The van der Waals surface area contributed by atoms with E-state index in [-0.39, 0.29) is 23.8 Å². The molecule has 3 atom stereocenters. The summed E-state index contributed by atoms with van der Waals surface area (Å²) < 4.78 is 0. The number of nitrogens with zero attached hydrogens (tertiary/aromatic N) is 4. The summed E-state index contributed by atoms with van der Waals surface area (Å²) in [5.41, 5.74) is 3.41. The zero-order chi connectivity index (χ0) is 22.7. The molecule has 7 nitrogen and oxygen atoms in total. The molecule has 0 bridgehead atoms. The Bertz CT molecular complexity index is 1070. The second-order valence-electron chi connectivity index (χ2n) is 8.31. The van der Waals surface area contributed by atoms with Crippen molar-refractivity contribution in [2.24, 2.45) is 0 Å². The number of piperidine rings is 1. The second-order valence-corrected chi connectivity index (χ2v) is 8.31. The monoisotopic (exact) mass is 430 g/mol. The normalized spacial score (nSPS) is 20.8. The Morgan fingerprint density at radius 2 is 1.75 bits per heavy atom. The minimum Gasteiger partial charge on any atom is -0.378 e. The zero-order valence-electron chi connectivity index (χ0n) is 18.2. The number of nitro groups is 1. The molecule has 0 unspecified atom stereocenters. The highest BCUT2D eigenvalue weighted by molar-refractivity contribution is 5.79. The largest absolute Gasteiger partial charge is 0.378 e. The van der Waals surface area contributed by atoms with E-state index in [0.717, 1.165) is 22.4 Å². The second kappa shape index (κ2) is 9.18. The van der Waals surface area contributed by atoms with Crippen LogP contribution < -0.4 is 4.90 Å². The molecular weight excluding hydrogens is 404 g/mol. The fraction of sp³-hybridized carbons (Fsp3) is 0.280. The average Bonchev–Trinajstić information content (AvgIpc) is 2.81. The number of benzene rings is 2. The van der Waals surface area contributed by atoms with Crippen LogP contribution in [0, 0.1) is 10.1 Å². The molecule has 4 rings (SSSR count). The SMILES string of the molecule is CN(C)c1ccc([C@@H]2[C@@H]([N+](=O)[O-])[C@H](c3ccccc3)CC(=O)N2Cc2cccnc2)cc1. The molecule has 0 saturated carbocycles. The summed E-state index contributed by atoms with van der Waals surface area (Å²) in [7, 11) is 3.89. The van der Waals surface area contributed by atoms with Gasteiger partial charge in [0.15, 0.2) is 0 Å². The first-order valence-corrected chi connectivity index (χ1v) is 10.6. The molecule has 2 aromatic carbocycles. The van der Waals surface area contributed by atoms with Crippen LogP contribution >= 0.6 is 0 Å². The number of hydrogen-bond donors (Lipinski definition) is 0. The summed E-state index contributed by atoms with van der Waals surface area (Å²) in [6, 6.07) is 19.1. The van der Waals surface area contributed by atoms with Crippen molar-refractivity contribution < 1.29 is 9.72 Å². The van der Waals surface area contributed by atoms with Crippen LogP contribution in [0.4, 0.5) is 5.69 Å². The lowest BCUT2D eigenvalue weighted by atomic mass is 9.78. The van der Waals surface area contributed by atoms with Gasteiger partial charge >= 0.3 is 0 Å². The number of amides is 1. The number of likely N-dealkylation sites (tertiary alicyclic amines) is 1. The van der Waals surface area contributed by atoms with Gasteiger partial charge in [-0.3, -0.25) is 19.9 Å². The molecule has 32 heavy (non-hydrogen) atoms. The van der Waals surface area contributed by atoms with Crippen LogP contribution in [0.1, 0.15) is 35.1 Å². The quantitative estimate of drug-likeness (QED) is 0.435. The van der Waals surface area contributed by atoms with Crippen LogP contribution in [0.2, 0.25) is 0 Å². The Kier molecular flexibility index (Phi) is 6.16. The van der Waals surface area contributed by atoms with E-state index in [1.165, 1.54) is 0 Å². The van der Waals surface area contributed by atoms with Crippen LogP contribution in [0.25, 0.3) is 0 Å². The van der Waals surface area contributed by atoms with Crippen molar-refractivity contribution in [2.75, 3.05) is 19.0 Å². The molecule has 1 amide bonds. The third-order valence-corrected chi connectivity index (χ3v) is 6.08. The summed E-state index contributed by atoms with van der Waals surface area (Å²) in [4.78, 5) is 33.4. The van der Waals surface area contributed by atoms with Crippen molar-refractivity contribution in [1.29, 1.82) is 0 Å². The van der Waals surface area contributed by atoms with Gasteiger partial charge in [-0.25, -0.2) is 0 Å². The summed E-state index contributed by atoms with van der Waals surface area (Å²) in [5, 5.41) is 12.4. The molecule has 0 spiro atoms. The van der Waals surface area contributed by atoms with Gasteiger partial charge in [-0.1, -0.05) is 48.5 Å². The van der Waals surface area contributed by atoms with Crippen LogP contribution in [0.5, 0.6) is 0 Å². The highest BCUT2D eigenvalue weighted by atomic mass is 16.6. The molecule has 7 heteroatoms. The standard InChI is InChI=1S/C25H26N4O3/c1-27(2)21-12-10-20(11-13-21)24-25(29(31)32)22(19-8-4-3-5-9-19)15-23(30)28(24)17-18-7-6-14-26-16-18/h3-14,16,22,24-25H,15,17H2,1-2H3/t22-,24+,25-/m0/s1. The van der Waals surface area contributed by atoms with Crippen molar-refractivity contribution in [2.45, 2.75) is 31.0 Å². The molecule has 3 aromatic rings. The number of carbonyl (C=O) groups is 1. The fourth-order valence-electron chi connectivity index (χ4n) is 4.48. The molecule has 1 aliphatic heterocycles. The van der Waals surface area contributed by atoms with Crippen molar-refractivity contribution in [3.63, 3.8) is 0 Å². The van der Waals surface area contributed by atoms with Crippen molar-refractivity contribution in [3.05, 3.63) is 106 Å². The van der Waals surface area contributed by atoms with Gasteiger partial charge in [0.2, 0.25) is 11.9 Å². The minimum atomic E-state index is -0.961. The lowest BCUT2D eigenvalue weighted by Gasteiger charge is -2.41. The Labute approximate surface area is 187 Å². The molecule has 1 saturated heterocycles. The van der Waals surface area contributed by atoms with E-state index in [1.807, 2.05) is 85.7 Å². The van der Waals surface area contributed by atoms with E-state index in [1.54, 1.807) is 17.3 Å². The lowest BCUT2D eigenvalue weighted by Crippen LogP contribution is -2.51. The van der Waals surface area contributed by atoms with Crippen LogP contribution in [0.15, 0.2) is 79.1 Å². The Morgan fingerprint density at radius 1 is 1.03 bits per heavy atom. The number of aromatic nitrogens is 1. The van der Waals surface area contributed by atoms with E-state index in [4.69, 9.17) is 0 Å². The summed E-state index contributed by atoms with van der Waals surface area (Å²) in [6.07, 6.45) is 3.47. The van der Waals surface area contributed by atoms with Crippen LogP contribution in [-0.2, 0) is 11.3 Å². The Hall–Kier alpha value is -3.74. The predicted molar refractivity (Wildman–Crippen MR) is 123 cm³/mol. The number of anilines is 1. The van der Waals surface area contributed by atoms with Crippen molar-refractivity contribution >= 4 is 11.6 Å². The summed E-state index contributed by atoms with van der Waals surface area (Å²) in [6.45, 7) is 0.276. The van der Waals surface area contributed by atoms with Crippen LogP contribution in [-0.4, -0.2) is 40.9 Å². The van der Waals surface area contributed by atoms with Gasteiger partial charge in [0.25, 0.3) is 0 Å². The molecule has 0 N–H and O–H groups in total. The Balaban J connectivity index is 1.80. The van der Waals surface area contributed by atoms with E-state index in [2.05, 4.69) is 4.98 Å². The summed E-state index contributed by atoms with van der Waals surface area (Å²) >= 11 is 0. The molecule has 1 fully saturated rings. The van der Waals surface area contributed by atoms with E-state index in [9.17, 15) is 14.9 Å². The molecule has 0 aliphatic carbocycles. The molecule has 1 aliphatic rings. The smallest absolute Gasteiger partial charge is 0.244 e. The van der Waals surface area contributed by atoms with Crippen LogP contribution in [0.3, 0.4) is 0 Å². The van der Waals surface area contributed by atoms with Gasteiger partial charge in [-0.2, -0.15) is 0 Å². The highest BCUT2D eigenvalue weighted by Gasteiger charge is 2.50. The number of pyridine rings is 1. The first kappa shape index (κ1) is 21.5. The topological polar surface area (TPSA) is 79.6 Å². The number of carbonyl (C=O) groups excluding carboxylic acids is 1. The summed E-state index contributed by atoms with van der Waals surface area (Å²) in [5.74, 6) is -0.593. The molecule has 2 heterocycles. The minimum absolute atomic E-state index is 0.0949. The van der Waals surface area contributed by atoms with Gasteiger partial charge in [0.05, 0.1) is 5.92 Å². The highest BCUT2D eigenvalue weighted by Crippen LogP contribution is 2.42. The number of rotatable bonds is 6. The molecule has 1 aromatic heterocycles. The van der Waals surface area contributed by atoms with E-state index >= 15 is 0 Å². The molecule has 0 radical (unpaired) electrons. The molecule has 164 valence electrons. The third kappa shape index (κ3) is 4.32. The van der Waals surface area contributed by atoms with Gasteiger partial charge < -0.3 is 9.80 Å². The average molecular weight is 431 g/mol. The van der Waals surface area contributed by atoms with Gasteiger partial charge in [0, 0.05) is 50.1 Å². The van der Waals surface area contributed by atoms with E-state index < -0.39 is 18.0 Å². The maximum absolute atomic E-state index is 13.4. The predicted octanol–water partition coefficient (Wildman–Crippen LogP) is 4.05. The fourth-order valence-corrected chi connectivity index (χ4v) is 4.48.